The van der Waals surface area contributed by atoms with Gasteiger partial charge in [0.05, 0.1) is 0 Å². The number of nitrogens with zero attached hydrogens (tertiary/aromatic N) is 2. The lowest BCUT2D eigenvalue weighted by Crippen LogP contribution is -2.22. The van der Waals surface area contributed by atoms with Crippen molar-refractivity contribution in [1.29, 1.82) is 0 Å². The number of benzene rings is 1. The molecule has 0 atom stereocenters. The molecule has 1 amide bonds. The van der Waals surface area contributed by atoms with Crippen LogP contribution in [0, 0.1) is 5.92 Å². The fraction of sp³-hybridized carbons (Fsp3) is 0.357. The number of anilines is 1. The Morgan fingerprint density at radius 3 is 2.53 bits per heavy atom. The zero-order chi connectivity index (χ0) is 13.7. The molecule has 0 spiro atoms. The minimum absolute atomic E-state index is 0.0136. The number of rotatable bonds is 5. The van der Waals surface area contributed by atoms with E-state index in [0.717, 1.165) is 18.4 Å². The van der Waals surface area contributed by atoms with Gasteiger partial charge in [0.15, 0.2) is 5.69 Å². The maximum absolute atomic E-state index is 12.0. The summed E-state index contributed by atoms with van der Waals surface area (Å²) in [5.74, 6) is 0.321. The quantitative estimate of drug-likeness (QED) is 0.895. The molecule has 0 aliphatic carbocycles. The summed E-state index contributed by atoms with van der Waals surface area (Å²) in [7, 11) is 0. The number of hydrogen-bond donors (Lipinski definition) is 1. The number of carbonyl (C=O) groups excluding carboxylic acids is 1. The van der Waals surface area contributed by atoms with Gasteiger partial charge in [-0.15, -0.1) is 0 Å². The topological polar surface area (TPSA) is 68.0 Å². The minimum Gasteiger partial charge on any atom is -0.306 e. The molecule has 0 saturated carbocycles. The second-order valence-electron chi connectivity index (χ2n) is 4.33. The molecule has 2 rings (SSSR count). The van der Waals surface area contributed by atoms with Gasteiger partial charge in [-0.2, -0.15) is 0 Å². The van der Waals surface area contributed by atoms with Crippen LogP contribution >= 0.6 is 0 Å². The van der Waals surface area contributed by atoms with E-state index in [4.69, 9.17) is 4.63 Å². The van der Waals surface area contributed by atoms with Gasteiger partial charge in [-0.25, -0.2) is 4.63 Å². The predicted molar refractivity (Wildman–Crippen MR) is 72.4 cm³/mol. The molecular formula is C14H17N3O2. The summed E-state index contributed by atoms with van der Waals surface area (Å²) in [5, 5.41) is 10.4. The smallest absolute Gasteiger partial charge is 0.228 e. The Bertz CT molecular complexity index is 533. The summed E-state index contributed by atoms with van der Waals surface area (Å²) in [6.07, 6.45) is 1.60. The van der Waals surface area contributed by atoms with Gasteiger partial charge in [0.2, 0.25) is 11.7 Å². The molecule has 1 N–H and O–H groups in total. The highest BCUT2D eigenvalue weighted by molar-refractivity contribution is 5.94. The number of carbonyl (C=O) groups is 1. The lowest BCUT2D eigenvalue weighted by molar-refractivity contribution is -0.120. The summed E-state index contributed by atoms with van der Waals surface area (Å²) < 4.78 is 4.73. The van der Waals surface area contributed by atoms with Gasteiger partial charge in [-0.05, 0) is 23.2 Å². The Hall–Kier alpha value is -2.17. The first-order chi connectivity index (χ1) is 9.26. The lowest BCUT2D eigenvalue weighted by Gasteiger charge is -2.11. The Labute approximate surface area is 112 Å². The van der Waals surface area contributed by atoms with E-state index in [9.17, 15) is 4.79 Å². The summed E-state index contributed by atoms with van der Waals surface area (Å²) in [4.78, 5) is 12.0. The molecule has 5 nitrogen and oxygen atoms in total. The Balaban J connectivity index is 2.19. The van der Waals surface area contributed by atoms with E-state index in [2.05, 4.69) is 15.6 Å². The van der Waals surface area contributed by atoms with E-state index in [-0.39, 0.29) is 11.8 Å². The van der Waals surface area contributed by atoms with Crippen molar-refractivity contribution in [2.24, 2.45) is 5.92 Å². The van der Waals surface area contributed by atoms with E-state index in [1.54, 1.807) is 0 Å². The van der Waals surface area contributed by atoms with Crippen LogP contribution in [0.4, 0.5) is 5.82 Å². The maximum atomic E-state index is 12.0. The first kappa shape index (κ1) is 13.3. The molecule has 19 heavy (non-hydrogen) atoms. The van der Waals surface area contributed by atoms with Crippen LogP contribution in [-0.2, 0) is 4.79 Å². The van der Waals surface area contributed by atoms with Gasteiger partial charge in [0, 0.05) is 11.5 Å². The van der Waals surface area contributed by atoms with E-state index in [0.29, 0.717) is 11.5 Å². The van der Waals surface area contributed by atoms with Crippen LogP contribution in [0.2, 0.25) is 0 Å². The average molecular weight is 259 g/mol. The fourth-order valence-corrected chi connectivity index (χ4v) is 1.93. The van der Waals surface area contributed by atoms with E-state index in [1.807, 2.05) is 44.2 Å². The van der Waals surface area contributed by atoms with E-state index >= 15 is 0 Å². The largest absolute Gasteiger partial charge is 0.306 e. The average Bonchev–Trinajstić information content (AvgIpc) is 2.89. The molecule has 1 aromatic heterocycles. The zero-order valence-electron chi connectivity index (χ0n) is 11.1. The minimum atomic E-state index is -0.0436. The number of hydrogen-bond acceptors (Lipinski definition) is 4. The predicted octanol–water partition coefficient (Wildman–Crippen LogP) is 3.11. The Kier molecular flexibility index (Phi) is 4.28. The van der Waals surface area contributed by atoms with Crippen LogP contribution in [-0.4, -0.2) is 16.2 Å². The van der Waals surface area contributed by atoms with Gasteiger partial charge in [-0.1, -0.05) is 44.2 Å². The molecular weight excluding hydrogens is 242 g/mol. The zero-order valence-corrected chi connectivity index (χ0v) is 11.1. The van der Waals surface area contributed by atoms with Gasteiger partial charge in [0.25, 0.3) is 0 Å². The van der Waals surface area contributed by atoms with Gasteiger partial charge >= 0.3 is 0 Å². The first-order valence-corrected chi connectivity index (χ1v) is 6.45. The number of amides is 1. The van der Waals surface area contributed by atoms with Crippen molar-refractivity contribution in [1.82, 2.24) is 10.3 Å². The molecule has 0 radical (unpaired) electrons. The maximum Gasteiger partial charge on any atom is 0.228 e. The third-order valence-corrected chi connectivity index (χ3v) is 3.13. The summed E-state index contributed by atoms with van der Waals surface area (Å²) >= 11 is 0. The standard InChI is InChI=1S/C14H17N3O2/c1-3-10(4-2)14(18)15-13-12(16-19-17-13)11-8-6-5-7-9-11/h5-10H,3-4H2,1-2H3,(H,15,17,18). The molecule has 0 aliphatic heterocycles. The molecule has 0 saturated heterocycles. The van der Waals surface area contributed by atoms with Gasteiger partial charge in [0.1, 0.15) is 0 Å². The van der Waals surface area contributed by atoms with Crippen molar-refractivity contribution in [3.05, 3.63) is 30.3 Å². The van der Waals surface area contributed by atoms with Gasteiger partial charge < -0.3 is 5.32 Å². The van der Waals surface area contributed by atoms with Gasteiger partial charge in [-0.3, -0.25) is 4.79 Å². The third kappa shape index (κ3) is 2.99. The molecule has 5 heteroatoms. The Morgan fingerprint density at radius 1 is 1.21 bits per heavy atom. The van der Waals surface area contributed by atoms with Crippen molar-refractivity contribution < 1.29 is 9.42 Å². The summed E-state index contributed by atoms with van der Waals surface area (Å²) in [6.45, 7) is 3.99. The van der Waals surface area contributed by atoms with Crippen molar-refractivity contribution in [2.45, 2.75) is 26.7 Å². The molecule has 0 unspecified atom stereocenters. The molecule has 100 valence electrons. The molecule has 2 aromatic rings. The summed E-state index contributed by atoms with van der Waals surface area (Å²) in [5.41, 5.74) is 1.42. The van der Waals surface area contributed by atoms with Crippen LogP contribution in [0.1, 0.15) is 26.7 Å². The fourth-order valence-electron chi connectivity index (χ4n) is 1.93. The number of nitrogens with one attached hydrogen (secondary N) is 1. The van der Waals surface area contributed by atoms with Crippen molar-refractivity contribution >= 4 is 11.7 Å². The molecule has 0 bridgehead atoms. The van der Waals surface area contributed by atoms with Crippen LogP contribution in [0.15, 0.2) is 35.0 Å². The second-order valence-corrected chi connectivity index (χ2v) is 4.33. The molecule has 0 fully saturated rings. The molecule has 1 aromatic carbocycles. The highest BCUT2D eigenvalue weighted by Crippen LogP contribution is 2.24. The van der Waals surface area contributed by atoms with Crippen molar-refractivity contribution in [2.75, 3.05) is 5.32 Å². The van der Waals surface area contributed by atoms with Crippen LogP contribution in [0.5, 0.6) is 0 Å². The van der Waals surface area contributed by atoms with E-state index in [1.165, 1.54) is 0 Å². The molecule has 0 aliphatic rings. The van der Waals surface area contributed by atoms with Crippen LogP contribution in [0.3, 0.4) is 0 Å². The Morgan fingerprint density at radius 2 is 1.89 bits per heavy atom. The molecule has 1 heterocycles. The van der Waals surface area contributed by atoms with Crippen LogP contribution in [0.25, 0.3) is 11.3 Å². The summed E-state index contributed by atoms with van der Waals surface area (Å²) in [6, 6.07) is 9.51. The SMILES string of the molecule is CCC(CC)C(=O)Nc1nonc1-c1ccccc1. The van der Waals surface area contributed by atoms with Crippen molar-refractivity contribution in [3.63, 3.8) is 0 Å². The second kappa shape index (κ2) is 6.13. The number of aromatic nitrogens is 2. The van der Waals surface area contributed by atoms with E-state index < -0.39 is 0 Å². The lowest BCUT2D eigenvalue weighted by atomic mass is 10.0. The highest BCUT2D eigenvalue weighted by Gasteiger charge is 2.19. The third-order valence-electron chi connectivity index (χ3n) is 3.13. The van der Waals surface area contributed by atoms with Crippen molar-refractivity contribution in [3.8, 4) is 11.3 Å². The monoisotopic (exact) mass is 259 g/mol. The van der Waals surface area contributed by atoms with Crippen LogP contribution < -0.4 is 5.32 Å². The normalized spacial score (nSPS) is 10.7. The highest BCUT2D eigenvalue weighted by atomic mass is 16.6. The first-order valence-electron chi connectivity index (χ1n) is 6.45.